The van der Waals surface area contributed by atoms with E-state index in [2.05, 4.69) is 4.74 Å². The molecule has 1 unspecified atom stereocenters. The van der Waals surface area contributed by atoms with Gasteiger partial charge in [-0.1, -0.05) is 0 Å². The second kappa shape index (κ2) is 11.5. The van der Waals surface area contributed by atoms with E-state index in [0.717, 1.165) is 0 Å². The van der Waals surface area contributed by atoms with Crippen molar-refractivity contribution in [3.8, 4) is 0 Å². The number of carbonyl (C=O) groups is 2. The van der Waals surface area contributed by atoms with E-state index in [4.69, 9.17) is 0 Å². The van der Waals surface area contributed by atoms with Crippen LogP contribution in [0.5, 0.6) is 0 Å². The van der Waals surface area contributed by atoms with Gasteiger partial charge in [0.1, 0.15) is 0 Å². The van der Waals surface area contributed by atoms with E-state index >= 15 is 0 Å². The SMILES string of the molecule is O=C([O-])CC(CC(F)(F)C(F)(F)C(F)(F)C(F)F)C(=O)OCC(F)(F)C(F)(F)C(F)(F)C(F)F.[Na+]. The predicted octanol–water partition coefficient (Wildman–Crippen LogP) is 1.02. The van der Waals surface area contributed by atoms with Crippen LogP contribution in [0.1, 0.15) is 12.8 Å². The molecule has 0 saturated heterocycles. The molecule has 0 heterocycles. The third-order valence-corrected chi connectivity index (χ3v) is 3.95. The van der Waals surface area contributed by atoms with Gasteiger partial charge in [0.15, 0.2) is 6.61 Å². The smallest absolute Gasteiger partial charge is 0.550 e. The van der Waals surface area contributed by atoms with Crippen molar-refractivity contribution < 1.29 is 119 Å². The molecule has 0 aliphatic rings. The largest absolute Gasteiger partial charge is 1.00 e. The molecule has 0 aromatic heterocycles. The van der Waals surface area contributed by atoms with Gasteiger partial charge in [-0.15, -0.1) is 0 Å². The second-order valence-corrected chi connectivity index (χ2v) is 6.49. The molecule has 0 amide bonds. The van der Waals surface area contributed by atoms with Crippen LogP contribution in [0.2, 0.25) is 0 Å². The average molecular weight is 568 g/mol. The summed E-state index contributed by atoms with van der Waals surface area (Å²) in [7, 11) is 0. The summed E-state index contributed by atoms with van der Waals surface area (Å²) < 4.78 is 209. The fourth-order valence-corrected chi connectivity index (χ4v) is 2.01. The number of rotatable bonds is 13. The molecule has 0 radical (unpaired) electrons. The fraction of sp³-hybridized carbons (Fsp3) is 0.857. The molecule has 0 spiro atoms. The summed E-state index contributed by atoms with van der Waals surface area (Å²) in [4.78, 5) is 21.9. The summed E-state index contributed by atoms with van der Waals surface area (Å²) in [6.07, 6.45) is -16.3. The van der Waals surface area contributed by atoms with E-state index in [-0.39, 0.29) is 29.6 Å². The topological polar surface area (TPSA) is 66.4 Å². The maximum Gasteiger partial charge on any atom is 1.00 e. The van der Waals surface area contributed by atoms with Gasteiger partial charge in [-0.05, 0) is 0 Å². The summed E-state index contributed by atoms with van der Waals surface area (Å²) in [6.45, 7) is -3.35. The number of carboxylic acid groups (broad SMARTS) is 1. The van der Waals surface area contributed by atoms with E-state index in [0.29, 0.717) is 0 Å². The van der Waals surface area contributed by atoms with Crippen LogP contribution in [0, 0.1) is 5.92 Å². The maximum absolute atomic E-state index is 13.6. The number of carbonyl (C=O) groups excluding carboxylic acids is 2. The molecule has 0 fully saturated rings. The third kappa shape index (κ3) is 7.20. The van der Waals surface area contributed by atoms with Crippen molar-refractivity contribution in [2.45, 2.75) is 61.2 Å². The number of hydrogen-bond acceptors (Lipinski definition) is 4. The minimum Gasteiger partial charge on any atom is -0.550 e. The first-order valence-electron chi connectivity index (χ1n) is 7.99. The molecule has 35 heavy (non-hydrogen) atoms. The number of halogens is 16. The molecular formula is C14H9F16NaO4. The summed E-state index contributed by atoms with van der Waals surface area (Å²) in [5, 5.41) is 10.5. The van der Waals surface area contributed by atoms with Crippen LogP contribution in [0.3, 0.4) is 0 Å². The number of ether oxygens (including phenoxy) is 1. The van der Waals surface area contributed by atoms with Gasteiger partial charge in [0, 0.05) is 18.8 Å². The quantitative estimate of drug-likeness (QED) is 0.189. The predicted molar refractivity (Wildman–Crippen MR) is 70.4 cm³/mol. The second-order valence-electron chi connectivity index (χ2n) is 6.49. The zero-order chi connectivity index (χ0) is 27.7. The van der Waals surface area contributed by atoms with E-state index < -0.39 is 85.7 Å². The van der Waals surface area contributed by atoms with Crippen LogP contribution in [0.25, 0.3) is 0 Å². The number of aliphatic carboxylic acids is 1. The monoisotopic (exact) mass is 568 g/mol. The van der Waals surface area contributed by atoms with Crippen molar-refractivity contribution in [1.82, 2.24) is 0 Å². The Balaban J connectivity index is 0. The van der Waals surface area contributed by atoms with Crippen LogP contribution in [0.4, 0.5) is 70.2 Å². The molecule has 0 aliphatic heterocycles. The molecule has 0 aliphatic carbocycles. The number of alkyl halides is 16. The summed E-state index contributed by atoms with van der Waals surface area (Å²) in [5.41, 5.74) is 0. The Kier molecular flexibility index (Phi) is 11.8. The van der Waals surface area contributed by atoms with Crippen molar-refractivity contribution in [2.75, 3.05) is 6.61 Å². The molecule has 0 rings (SSSR count). The molecular weight excluding hydrogens is 559 g/mol. The van der Waals surface area contributed by atoms with E-state index in [1.807, 2.05) is 0 Å². The van der Waals surface area contributed by atoms with E-state index in [1.165, 1.54) is 0 Å². The summed E-state index contributed by atoms with van der Waals surface area (Å²) in [5.74, 6) is -49.5. The van der Waals surface area contributed by atoms with E-state index in [1.54, 1.807) is 0 Å². The van der Waals surface area contributed by atoms with Gasteiger partial charge < -0.3 is 14.6 Å². The van der Waals surface area contributed by atoms with Crippen molar-refractivity contribution in [2.24, 2.45) is 5.92 Å². The average Bonchev–Trinajstić information content (AvgIpc) is 2.63. The van der Waals surface area contributed by atoms with Gasteiger partial charge in [0.25, 0.3) is 0 Å². The molecule has 21 heteroatoms. The molecule has 4 nitrogen and oxygen atoms in total. The molecule has 0 bridgehead atoms. The normalized spacial score (nSPS) is 15.1. The van der Waals surface area contributed by atoms with Gasteiger partial charge in [-0.3, -0.25) is 4.79 Å². The van der Waals surface area contributed by atoms with Crippen LogP contribution < -0.4 is 34.7 Å². The Morgan fingerprint density at radius 2 is 1.03 bits per heavy atom. The number of hydrogen-bond donors (Lipinski definition) is 0. The first-order valence-corrected chi connectivity index (χ1v) is 7.99. The van der Waals surface area contributed by atoms with Crippen LogP contribution in [0.15, 0.2) is 0 Å². The Morgan fingerprint density at radius 3 is 1.34 bits per heavy atom. The van der Waals surface area contributed by atoms with Crippen molar-refractivity contribution in [3.05, 3.63) is 0 Å². The molecule has 0 aromatic rings. The Labute approximate surface area is 205 Å². The molecule has 1 atom stereocenters. The molecule has 0 saturated carbocycles. The minimum atomic E-state index is -7.02. The maximum atomic E-state index is 13.6. The first kappa shape index (κ1) is 36.0. The van der Waals surface area contributed by atoms with Gasteiger partial charge in [-0.2, -0.15) is 52.7 Å². The summed E-state index contributed by atoms with van der Waals surface area (Å²) >= 11 is 0. The van der Waals surface area contributed by atoms with Crippen LogP contribution in [-0.2, 0) is 14.3 Å². The molecule has 0 aromatic carbocycles. The first-order chi connectivity index (χ1) is 14.8. The number of carboxylic acids is 1. The number of esters is 1. The fourth-order valence-electron chi connectivity index (χ4n) is 2.01. The standard InChI is InChI=1S/C14H10F16O4.Na/c15-7(16)11(23,24)13(27,28)9(19,20)2-4(1-5(31)32)6(33)34-3-10(21,22)14(29,30)12(25,26)8(17)18;/h4,7-8H,1-3H2,(H,31,32);/q;+1/p-1. The zero-order valence-corrected chi connectivity index (χ0v) is 18.5. The summed E-state index contributed by atoms with van der Waals surface area (Å²) in [6, 6.07) is 0. The minimum absolute atomic E-state index is 0. The molecule has 0 N–H and O–H groups in total. The third-order valence-electron chi connectivity index (χ3n) is 3.95. The van der Waals surface area contributed by atoms with Gasteiger partial charge >= 0.3 is 83.9 Å². The Hall–Kier alpha value is -1.18. The van der Waals surface area contributed by atoms with Crippen LogP contribution >= 0.6 is 0 Å². The van der Waals surface area contributed by atoms with Crippen LogP contribution in [-0.4, -0.2) is 66.9 Å². The zero-order valence-electron chi connectivity index (χ0n) is 16.5. The van der Waals surface area contributed by atoms with Crippen molar-refractivity contribution in [1.29, 1.82) is 0 Å². The van der Waals surface area contributed by atoms with Gasteiger partial charge in [-0.25, -0.2) is 17.6 Å². The Bertz CT molecular complexity index is 742. The van der Waals surface area contributed by atoms with Crippen molar-refractivity contribution >= 4 is 11.9 Å². The van der Waals surface area contributed by atoms with Gasteiger partial charge in [0.05, 0.1) is 5.92 Å². The van der Waals surface area contributed by atoms with E-state index in [9.17, 15) is 84.9 Å². The van der Waals surface area contributed by atoms with Gasteiger partial charge in [0.2, 0.25) is 0 Å². The van der Waals surface area contributed by atoms with Crippen molar-refractivity contribution in [3.63, 3.8) is 0 Å². The Morgan fingerprint density at radius 1 is 0.686 bits per heavy atom. The molecule has 202 valence electrons.